The summed E-state index contributed by atoms with van der Waals surface area (Å²) in [5.41, 5.74) is 3.50. The smallest absolute Gasteiger partial charge is 0.311 e. The molecule has 0 unspecified atom stereocenters. The minimum atomic E-state index is -0.933. The standard InChI is InChI=1S/C18H18N2O3S/c1-11-4-5-14(8-12(11)2)9-16(21)23-13(3)17(22)20-18-15(10-19)6-7-24-18/h4-8,13H,9H2,1-3H3,(H,20,22)/t13-/m1/s1. The van der Waals surface area contributed by atoms with Gasteiger partial charge in [-0.2, -0.15) is 5.26 Å². The quantitative estimate of drug-likeness (QED) is 0.845. The maximum atomic E-state index is 12.1. The number of rotatable bonds is 5. The van der Waals surface area contributed by atoms with Gasteiger partial charge in [-0.15, -0.1) is 11.3 Å². The summed E-state index contributed by atoms with van der Waals surface area (Å²) >= 11 is 1.25. The Morgan fingerprint density at radius 2 is 2.04 bits per heavy atom. The summed E-state index contributed by atoms with van der Waals surface area (Å²) in [5.74, 6) is -0.921. The van der Waals surface area contributed by atoms with Crippen LogP contribution in [0, 0.1) is 25.2 Å². The van der Waals surface area contributed by atoms with E-state index in [2.05, 4.69) is 5.32 Å². The lowest BCUT2D eigenvalue weighted by atomic mass is 10.0. The third-order valence-electron chi connectivity index (χ3n) is 3.62. The number of nitrogens with zero attached hydrogens (tertiary/aromatic N) is 1. The van der Waals surface area contributed by atoms with Crippen molar-refractivity contribution >= 4 is 28.2 Å². The zero-order valence-electron chi connectivity index (χ0n) is 13.8. The molecule has 1 heterocycles. The zero-order valence-corrected chi connectivity index (χ0v) is 14.6. The molecule has 0 aliphatic heterocycles. The van der Waals surface area contributed by atoms with Crippen molar-refractivity contribution < 1.29 is 14.3 Å². The van der Waals surface area contributed by atoms with Crippen molar-refractivity contribution in [3.05, 3.63) is 51.9 Å². The number of nitriles is 1. The number of esters is 1. The van der Waals surface area contributed by atoms with E-state index in [9.17, 15) is 9.59 Å². The van der Waals surface area contributed by atoms with Gasteiger partial charge in [0, 0.05) is 0 Å². The van der Waals surface area contributed by atoms with Gasteiger partial charge in [0.1, 0.15) is 11.1 Å². The van der Waals surface area contributed by atoms with E-state index in [0.29, 0.717) is 10.6 Å². The highest BCUT2D eigenvalue weighted by atomic mass is 32.1. The Morgan fingerprint density at radius 1 is 1.29 bits per heavy atom. The Hall–Kier alpha value is -2.65. The number of carbonyl (C=O) groups excluding carboxylic acids is 2. The molecule has 1 amide bonds. The number of amides is 1. The number of hydrogen-bond acceptors (Lipinski definition) is 5. The van der Waals surface area contributed by atoms with E-state index in [0.717, 1.165) is 16.7 Å². The molecule has 0 radical (unpaired) electrons. The lowest BCUT2D eigenvalue weighted by Crippen LogP contribution is -2.30. The van der Waals surface area contributed by atoms with Crippen molar-refractivity contribution in [3.8, 4) is 6.07 Å². The maximum Gasteiger partial charge on any atom is 0.311 e. The first-order valence-corrected chi connectivity index (χ1v) is 8.32. The summed E-state index contributed by atoms with van der Waals surface area (Å²) in [6.07, 6.45) is -0.820. The van der Waals surface area contributed by atoms with Crippen LogP contribution in [0.1, 0.15) is 29.2 Å². The van der Waals surface area contributed by atoms with Gasteiger partial charge in [0.25, 0.3) is 5.91 Å². The van der Waals surface area contributed by atoms with E-state index in [1.165, 1.54) is 18.3 Å². The van der Waals surface area contributed by atoms with Crippen LogP contribution in [0.3, 0.4) is 0 Å². The predicted molar refractivity (Wildman–Crippen MR) is 92.8 cm³/mol. The molecule has 1 aromatic carbocycles. The van der Waals surface area contributed by atoms with E-state index in [1.54, 1.807) is 11.4 Å². The molecule has 1 N–H and O–H groups in total. The number of anilines is 1. The molecule has 1 atom stereocenters. The van der Waals surface area contributed by atoms with Gasteiger partial charge in [-0.3, -0.25) is 9.59 Å². The van der Waals surface area contributed by atoms with Gasteiger partial charge in [-0.1, -0.05) is 18.2 Å². The zero-order chi connectivity index (χ0) is 17.7. The highest BCUT2D eigenvalue weighted by Crippen LogP contribution is 2.22. The summed E-state index contributed by atoms with van der Waals surface area (Å²) in [4.78, 5) is 24.1. The molecule has 5 nitrogen and oxygen atoms in total. The van der Waals surface area contributed by atoms with Crippen LogP contribution in [0.5, 0.6) is 0 Å². The largest absolute Gasteiger partial charge is 0.452 e. The average Bonchev–Trinajstić information content (AvgIpc) is 2.98. The number of hydrogen-bond donors (Lipinski definition) is 1. The highest BCUT2D eigenvalue weighted by molar-refractivity contribution is 7.14. The molecule has 0 saturated heterocycles. The van der Waals surface area contributed by atoms with Crippen molar-refractivity contribution in [3.63, 3.8) is 0 Å². The third-order valence-corrected chi connectivity index (χ3v) is 4.45. The second-order valence-corrected chi connectivity index (χ2v) is 6.41. The second kappa shape index (κ2) is 7.75. The highest BCUT2D eigenvalue weighted by Gasteiger charge is 2.19. The molecule has 0 spiro atoms. The molecule has 0 aliphatic rings. The normalized spacial score (nSPS) is 11.4. The van der Waals surface area contributed by atoms with Crippen molar-refractivity contribution in [2.75, 3.05) is 5.32 Å². The van der Waals surface area contributed by atoms with E-state index < -0.39 is 18.0 Å². The molecule has 2 rings (SSSR count). The summed E-state index contributed by atoms with van der Waals surface area (Å²) in [6.45, 7) is 5.49. The number of carbonyl (C=O) groups is 2. The fourth-order valence-electron chi connectivity index (χ4n) is 2.08. The van der Waals surface area contributed by atoms with Gasteiger partial charge in [-0.05, 0) is 48.9 Å². The predicted octanol–water partition coefficient (Wildman–Crippen LogP) is 3.35. The van der Waals surface area contributed by atoms with E-state index in [-0.39, 0.29) is 6.42 Å². The number of thiophene rings is 1. The van der Waals surface area contributed by atoms with Crippen LogP contribution in [-0.2, 0) is 20.7 Å². The molecule has 124 valence electrons. The Labute approximate surface area is 144 Å². The Morgan fingerprint density at radius 3 is 2.71 bits per heavy atom. The van der Waals surface area contributed by atoms with Crippen LogP contribution in [0.15, 0.2) is 29.6 Å². The molecule has 24 heavy (non-hydrogen) atoms. The Balaban J connectivity index is 1.92. The lowest BCUT2D eigenvalue weighted by Gasteiger charge is -2.13. The van der Waals surface area contributed by atoms with E-state index >= 15 is 0 Å². The van der Waals surface area contributed by atoms with Crippen LogP contribution < -0.4 is 5.32 Å². The monoisotopic (exact) mass is 342 g/mol. The molecular formula is C18H18N2O3S. The number of nitrogens with one attached hydrogen (secondary N) is 1. The van der Waals surface area contributed by atoms with Crippen LogP contribution >= 0.6 is 11.3 Å². The van der Waals surface area contributed by atoms with Crippen LogP contribution in [0.25, 0.3) is 0 Å². The first kappa shape index (κ1) is 17.7. The van der Waals surface area contributed by atoms with Gasteiger partial charge < -0.3 is 10.1 Å². The summed E-state index contributed by atoms with van der Waals surface area (Å²) in [6, 6.07) is 9.38. The van der Waals surface area contributed by atoms with Crippen molar-refractivity contribution in [1.82, 2.24) is 0 Å². The van der Waals surface area contributed by atoms with Crippen molar-refractivity contribution in [1.29, 1.82) is 5.26 Å². The van der Waals surface area contributed by atoms with E-state index in [4.69, 9.17) is 10.00 Å². The third kappa shape index (κ3) is 4.43. The van der Waals surface area contributed by atoms with Crippen LogP contribution in [-0.4, -0.2) is 18.0 Å². The first-order chi connectivity index (χ1) is 11.4. The SMILES string of the molecule is Cc1ccc(CC(=O)O[C@H](C)C(=O)Nc2sccc2C#N)cc1C. The maximum absolute atomic E-state index is 12.1. The van der Waals surface area contributed by atoms with E-state index in [1.807, 2.05) is 38.1 Å². The van der Waals surface area contributed by atoms with Crippen LogP contribution in [0.4, 0.5) is 5.00 Å². The fourth-order valence-corrected chi connectivity index (χ4v) is 2.82. The molecule has 0 bridgehead atoms. The first-order valence-electron chi connectivity index (χ1n) is 7.44. The van der Waals surface area contributed by atoms with Crippen molar-refractivity contribution in [2.45, 2.75) is 33.3 Å². The second-order valence-electron chi connectivity index (χ2n) is 5.49. The average molecular weight is 342 g/mol. The topological polar surface area (TPSA) is 79.2 Å². The number of benzene rings is 1. The fraction of sp³-hybridized carbons (Fsp3) is 0.278. The minimum absolute atomic E-state index is 0.112. The summed E-state index contributed by atoms with van der Waals surface area (Å²) in [5, 5.41) is 13.7. The Bertz CT molecular complexity index is 805. The van der Waals surface area contributed by atoms with Gasteiger partial charge in [-0.25, -0.2) is 0 Å². The number of ether oxygens (including phenoxy) is 1. The number of aryl methyl sites for hydroxylation is 2. The molecule has 1 aromatic heterocycles. The van der Waals surface area contributed by atoms with Crippen LogP contribution in [0.2, 0.25) is 0 Å². The molecular weight excluding hydrogens is 324 g/mol. The lowest BCUT2D eigenvalue weighted by molar-refractivity contribution is -0.152. The summed E-state index contributed by atoms with van der Waals surface area (Å²) < 4.78 is 5.18. The molecule has 0 fully saturated rings. The Kier molecular flexibility index (Phi) is 5.72. The van der Waals surface area contributed by atoms with Gasteiger partial charge in [0.2, 0.25) is 0 Å². The minimum Gasteiger partial charge on any atom is -0.452 e. The van der Waals surface area contributed by atoms with Gasteiger partial charge in [0.15, 0.2) is 6.10 Å². The van der Waals surface area contributed by atoms with Crippen molar-refractivity contribution in [2.24, 2.45) is 0 Å². The molecule has 0 aliphatic carbocycles. The van der Waals surface area contributed by atoms with Gasteiger partial charge in [0.05, 0.1) is 12.0 Å². The van der Waals surface area contributed by atoms with Gasteiger partial charge >= 0.3 is 5.97 Å². The summed E-state index contributed by atoms with van der Waals surface area (Å²) in [7, 11) is 0. The molecule has 6 heteroatoms. The molecule has 2 aromatic rings. The molecule has 0 saturated carbocycles.